The van der Waals surface area contributed by atoms with Gasteiger partial charge in [-0.1, -0.05) is 0 Å². The van der Waals surface area contributed by atoms with Crippen LogP contribution >= 0.6 is 0 Å². The first-order valence-electron chi connectivity index (χ1n) is 11.2. The lowest BCUT2D eigenvalue weighted by atomic mass is 10.1. The average molecular weight is 550 g/mol. The zero-order chi connectivity index (χ0) is 28.6. The molecule has 0 aromatic heterocycles. The van der Waals surface area contributed by atoms with Crippen LogP contribution in [0.4, 0.5) is 22.0 Å². The molecular formula is C27H19F5O7. The van der Waals surface area contributed by atoms with Crippen LogP contribution in [0.5, 0.6) is 28.7 Å². The summed E-state index contributed by atoms with van der Waals surface area (Å²) in [5, 5.41) is 0. The summed E-state index contributed by atoms with van der Waals surface area (Å²) in [5.74, 6) is -13.7. The first-order valence-corrected chi connectivity index (χ1v) is 11.2. The summed E-state index contributed by atoms with van der Waals surface area (Å²) in [5.41, 5.74) is 0.928. The van der Waals surface area contributed by atoms with E-state index in [0.29, 0.717) is 17.1 Å². The second-order valence-electron chi connectivity index (χ2n) is 8.19. The molecule has 0 fully saturated rings. The molecule has 0 N–H and O–H groups in total. The van der Waals surface area contributed by atoms with Crippen molar-refractivity contribution in [2.75, 3.05) is 14.2 Å². The molecule has 0 bridgehead atoms. The number of ether oxygens (including phenoxy) is 5. The average Bonchev–Trinajstić information content (AvgIpc) is 3.25. The number of carbonyl (C=O) groups excluding carboxylic acids is 2. The maximum absolute atomic E-state index is 13.9. The summed E-state index contributed by atoms with van der Waals surface area (Å²) in [6, 6.07) is 7.58. The monoisotopic (exact) mass is 550 g/mol. The molecule has 12 heteroatoms. The molecule has 0 saturated heterocycles. The van der Waals surface area contributed by atoms with Crippen LogP contribution in [-0.4, -0.2) is 32.1 Å². The minimum Gasteiger partial charge on any atom is -0.497 e. The van der Waals surface area contributed by atoms with Gasteiger partial charge in [0.05, 0.1) is 19.8 Å². The SMILES string of the molecule is COc1ccc(/C=C2\Oc3c(ccc(OC(=O)C(C)Oc4c(F)c(F)c(F)c(F)c4F)c3C)C2=O)c(OC)c1. The zero-order valence-electron chi connectivity index (χ0n) is 20.8. The van der Waals surface area contributed by atoms with Gasteiger partial charge in [0.2, 0.25) is 34.9 Å². The number of halogens is 5. The lowest BCUT2D eigenvalue weighted by Crippen LogP contribution is -2.29. The Balaban J connectivity index is 1.55. The Kier molecular flexibility index (Phi) is 7.48. The molecule has 1 aliphatic heterocycles. The lowest BCUT2D eigenvalue weighted by Gasteiger charge is -2.16. The smallest absolute Gasteiger partial charge is 0.352 e. The van der Waals surface area contributed by atoms with Crippen LogP contribution in [0.1, 0.15) is 28.4 Å². The summed E-state index contributed by atoms with van der Waals surface area (Å²) in [6.07, 6.45) is -0.322. The van der Waals surface area contributed by atoms with Gasteiger partial charge in [-0.15, -0.1) is 0 Å². The number of ketones is 1. The molecule has 1 atom stereocenters. The number of benzene rings is 3. The van der Waals surface area contributed by atoms with E-state index in [-0.39, 0.29) is 28.4 Å². The Morgan fingerprint density at radius 1 is 0.897 bits per heavy atom. The Bertz CT molecular complexity index is 1500. The Hall–Kier alpha value is -4.61. The number of hydrogen-bond donors (Lipinski definition) is 0. The van der Waals surface area contributed by atoms with E-state index in [1.54, 1.807) is 18.2 Å². The third-order valence-electron chi connectivity index (χ3n) is 5.77. The number of allylic oxidation sites excluding steroid dienone is 1. The third kappa shape index (κ3) is 4.97. The molecule has 1 unspecified atom stereocenters. The normalized spacial score (nSPS) is 14.1. The van der Waals surface area contributed by atoms with E-state index < -0.39 is 52.7 Å². The van der Waals surface area contributed by atoms with Gasteiger partial charge in [0, 0.05) is 17.2 Å². The highest BCUT2D eigenvalue weighted by Gasteiger charge is 2.33. The summed E-state index contributed by atoms with van der Waals surface area (Å²) in [7, 11) is 2.94. The first-order chi connectivity index (χ1) is 18.5. The summed E-state index contributed by atoms with van der Waals surface area (Å²) in [6.45, 7) is 2.48. The van der Waals surface area contributed by atoms with Crippen LogP contribution in [0.25, 0.3) is 6.08 Å². The van der Waals surface area contributed by atoms with Gasteiger partial charge < -0.3 is 23.7 Å². The number of carbonyl (C=O) groups is 2. The van der Waals surface area contributed by atoms with Crippen molar-refractivity contribution in [2.45, 2.75) is 20.0 Å². The fourth-order valence-electron chi connectivity index (χ4n) is 3.66. The second kappa shape index (κ2) is 10.6. The van der Waals surface area contributed by atoms with Crippen molar-refractivity contribution in [1.29, 1.82) is 0 Å². The minimum atomic E-state index is -2.37. The predicted octanol–water partition coefficient (Wildman–Crippen LogP) is 5.70. The van der Waals surface area contributed by atoms with Crippen molar-refractivity contribution in [3.63, 3.8) is 0 Å². The molecule has 39 heavy (non-hydrogen) atoms. The van der Waals surface area contributed by atoms with Crippen molar-refractivity contribution in [1.82, 2.24) is 0 Å². The van der Waals surface area contributed by atoms with Gasteiger partial charge in [-0.2, -0.15) is 8.78 Å². The number of hydrogen-bond acceptors (Lipinski definition) is 7. The van der Waals surface area contributed by atoms with E-state index in [0.717, 1.165) is 6.92 Å². The van der Waals surface area contributed by atoms with E-state index in [1.807, 2.05) is 0 Å². The van der Waals surface area contributed by atoms with E-state index in [4.69, 9.17) is 23.7 Å². The van der Waals surface area contributed by atoms with Crippen molar-refractivity contribution >= 4 is 17.8 Å². The summed E-state index contributed by atoms with van der Waals surface area (Å²) in [4.78, 5) is 25.4. The van der Waals surface area contributed by atoms with Crippen molar-refractivity contribution in [2.24, 2.45) is 0 Å². The molecule has 0 aliphatic carbocycles. The van der Waals surface area contributed by atoms with Crippen LogP contribution < -0.4 is 23.7 Å². The molecule has 4 rings (SSSR count). The van der Waals surface area contributed by atoms with E-state index >= 15 is 0 Å². The highest BCUT2D eigenvalue weighted by molar-refractivity contribution is 6.15. The van der Waals surface area contributed by atoms with E-state index in [9.17, 15) is 31.5 Å². The lowest BCUT2D eigenvalue weighted by molar-refractivity contribution is -0.141. The maximum Gasteiger partial charge on any atom is 0.352 e. The quantitative estimate of drug-likeness (QED) is 0.0933. The van der Waals surface area contributed by atoms with Crippen LogP contribution in [0.15, 0.2) is 36.1 Å². The number of Topliss-reactive ketones (excluding diaryl/α,β-unsaturated/α-hetero) is 1. The number of methoxy groups -OCH3 is 2. The molecule has 0 radical (unpaired) electrons. The molecule has 3 aromatic carbocycles. The number of esters is 1. The van der Waals surface area contributed by atoms with E-state index in [2.05, 4.69) is 0 Å². The van der Waals surface area contributed by atoms with Gasteiger partial charge in [-0.25, -0.2) is 18.0 Å². The molecular weight excluding hydrogens is 531 g/mol. The first kappa shape index (κ1) is 27.4. The Labute approximate surface area is 218 Å². The summed E-state index contributed by atoms with van der Waals surface area (Å²) < 4.78 is 94.1. The van der Waals surface area contributed by atoms with Gasteiger partial charge in [-0.05, 0) is 44.2 Å². The fraction of sp³-hybridized carbons (Fsp3) is 0.185. The van der Waals surface area contributed by atoms with Gasteiger partial charge >= 0.3 is 5.97 Å². The van der Waals surface area contributed by atoms with Gasteiger partial charge in [-0.3, -0.25) is 4.79 Å². The largest absolute Gasteiger partial charge is 0.497 e. The van der Waals surface area contributed by atoms with Crippen molar-refractivity contribution in [3.8, 4) is 28.7 Å². The van der Waals surface area contributed by atoms with Gasteiger partial charge in [0.25, 0.3) is 0 Å². The molecule has 1 aliphatic rings. The van der Waals surface area contributed by atoms with Crippen LogP contribution in [-0.2, 0) is 4.79 Å². The summed E-state index contributed by atoms with van der Waals surface area (Å²) >= 11 is 0. The maximum atomic E-state index is 13.9. The third-order valence-corrected chi connectivity index (χ3v) is 5.77. The fourth-order valence-corrected chi connectivity index (χ4v) is 3.66. The zero-order valence-corrected chi connectivity index (χ0v) is 20.8. The molecule has 0 saturated carbocycles. The van der Waals surface area contributed by atoms with Crippen LogP contribution in [0.3, 0.4) is 0 Å². The van der Waals surface area contributed by atoms with Crippen molar-refractivity contribution < 1.29 is 55.2 Å². The Morgan fingerprint density at radius 3 is 2.15 bits per heavy atom. The minimum absolute atomic E-state index is 0.0388. The topological polar surface area (TPSA) is 80.3 Å². The molecule has 204 valence electrons. The van der Waals surface area contributed by atoms with Crippen LogP contribution in [0.2, 0.25) is 0 Å². The highest BCUT2D eigenvalue weighted by atomic mass is 19.2. The van der Waals surface area contributed by atoms with Gasteiger partial charge in [0.1, 0.15) is 23.0 Å². The molecule has 1 heterocycles. The molecule has 3 aromatic rings. The Morgan fingerprint density at radius 2 is 1.54 bits per heavy atom. The highest BCUT2D eigenvalue weighted by Crippen LogP contribution is 2.40. The predicted molar refractivity (Wildman–Crippen MR) is 126 cm³/mol. The van der Waals surface area contributed by atoms with Crippen LogP contribution in [0, 0.1) is 36.0 Å². The number of fused-ring (bicyclic) bond motifs is 1. The second-order valence-corrected chi connectivity index (χ2v) is 8.19. The van der Waals surface area contributed by atoms with Crippen molar-refractivity contribution in [3.05, 3.63) is 81.9 Å². The number of rotatable bonds is 7. The van der Waals surface area contributed by atoms with E-state index in [1.165, 1.54) is 39.4 Å². The standard InChI is InChI=1S/C27H19F5O7/c1-11-16(39-27(34)12(2)37-26-22(31)20(29)19(28)21(30)23(26)32)8-7-15-24(33)18(38-25(11)15)9-13-5-6-14(35-3)10-17(13)36-4/h5-10,12H,1-4H3/b18-9-. The van der Waals surface area contributed by atoms with Gasteiger partial charge in [0.15, 0.2) is 17.6 Å². The molecule has 0 spiro atoms. The molecule has 0 amide bonds. The molecule has 7 nitrogen and oxygen atoms in total.